The molecule has 140 valence electrons. The quantitative estimate of drug-likeness (QED) is 0.755. The van der Waals surface area contributed by atoms with Gasteiger partial charge < -0.3 is 10.1 Å². The third-order valence-corrected chi connectivity index (χ3v) is 5.60. The maximum Gasteiger partial charge on any atom is 0.270 e. The number of nitrogens with one attached hydrogen (secondary N) is 2. The van der Waals surface area contributed by atoms with Gasteiger partial charge in [0.2, 0.25) is 5.91 Å². The number of nitrogens with zero attached hydrogens (tertiary/aromatic N) is 1. The molecule has 0 spiro atoms. The molecule has 2 aromatic rings. The van der Waals surface area contributed by atoms with E-state index in [-0.39, 0.29) is 22.8 Å². The summed E-state index contributed by atoms with van der Waals surface area (Å²) < 4.78 is 7.45. The lowest BCUT2D eigenvalue weighted by atomic mass is 10.1. The molecule has 0 aliphatic carbocycles. The van der Waals surface area contributed by atoms with Gasteiger partial charge in [-0.05, 0) is 38.0 Å². The number of carbonyl (C=O) groups is 1. The number of amides is 1. The highest BCUT2D eigenvalue weighted by molar-refractivity contribution is 8.00. The molecule has 26 heavy (non-hydrogen) atoms. The molecular formula is C19H25N3O3S. The highest BCUT2D eigenvalue weighted by Crippen LogP contribution is 2.40. The van der Waals surface area contributed by atoms with E-state index in [0.29, 0.717) is 23.7 Å². The minimum Gasteiger partial charge on any atom is -0.494 e. The zero-order chi connectivity index (χ0) is 18.7. The number of anilines is 1. The van der Waals surface area contributed by atoms with Crippen LogP contribution in [0.1, 0.15) is 56.0 Å². The minimum absolute atomic E-state index is 0.0461. The average molecular weight is 375 g/mol. The molecule has 0 bridgehead atoms. The molecule has 0 saturated carbocycles. The van der Waals surface area contributed by atoms with Gasteiger partial charge in [0.25, 0.3) is 5.56 Å². The molecule has 1 atom stereocenters. The summed E-state index contributed by atoms with van der Waals surface area (Å²) >= 11 is 1.47. The monoisotopic (exact) mass is 375 g/mol. The van der Waals surface area contributed by atoms with Crippen molar-refractivity contribution in [2.24, 2.45) is 0 Å². The first-order chi connectivity index (χ1) is 12.5. The zero-order valence-electron chi connectivity index (χ0n) is 15.4. The summed E-state index contributed by atoms with van der Waals surface area (Å²) in [7, 11) is 0. The molecule has 0 fully saturated rings. The molecule has 2 heterocycles. The molecule has 0 radical (unpaired) electrons. The van der Waals surface area contributed by atoms with Gasteiger partial charge in [-0.25, -0.2) is 0 Å². The van der Waals surface area contributed by atoms with Gasteiger partial charge in [-0.3, -0.25) is 19.4 Å². The first-order valence-corrected chi connectivity index (χ1v) is 10.0. The van der Waals surface area contributed by atoms with Crippen LogP contribution in [-0.4, -0.2) is 28.0 Å². The van der Waals surface area contributed by atoms with E-state index >= 15 is 0 Å². The molecule has 1 aliphatic rings. The Labute approximate surface area is 157 Å². The molecule has 0 saturated heterocycles. The first-order valence-electron chi connectivity index (χ1n) is 8.99. The van der Waals surface area contributed by atoms with Gasteiger partial charge in [0, 0.05) is 6.04 Å². The van der Waals surface area contributed by atoms with Crippen LogP contribution in [0.3, 0.4) is 0 Å². The summed E-state index contributed by atoms with van der Waals surface area (Å²) in [6.07, 6.45) is 2.12. The Morgan fingerprint density at radius 3 is 2.65 bits per heavy atom. The molecule has 1 amide bonds. The van der Waals surface area contributed by atoms with Gasteiger partial charge in [-0.2, -0.15) is 0 Å². The fourth-order valence-electron chi connectivity index (χ4n) is 2.97. The van der Waals surface area contributed by atoms with E-state index in [1.807, 2.05) is 38.1 Å². The maximum atomic E-state index is 12.6. The van der Waals surface area contributed by atoms with E-state index in [0.717, 1.165) is 24.2 Å². The second-order valence-corrected chi connectivity index (χ2v) is 7.77. The fraction of sp³-hybridized carbons (Fsp3) is 0.474. The van der Waals surface area contributed by atoms with Crippen molar-refractivity contribution < 1.29 is 9.53 Å². The summed E-state index contributed by atoms with van der Waals surface area (Å²) in [5, 5.41) is 5.55. The average Bonchev–Trinajstić information content (AvgIpc) is 2.83. The molecule has 1 aliphatic heterocycles. The minimum atomic E-state index is -0.197. The van der Waals surface area contributed by atoms with Gasteiger partial charge in [0.1, 0.15) is 11.6 Å². The maximum absolute atomic E-state index is 12.6. The Morgan fingerprint density at radius 1 is 1.27 bits per heavy atom. The molecule has 1 unspecified atom stereocenters. The van der Waals surface area contributed by atoms with Crippen LogP contribution in [0.4, 0.5) is 5.82 Å². The molecule has 6 nitrogen and oxygen atoms in total. The van der Waals surface area contributed by atoms with Crippen molar-refractivity contribution in [3.05, 3.63) is 45.7 Å². The van der Waals surface area contributed by atoms with Crippen LogP contribution in [0, 0.1) is 0 Å². The lowest BCUT2D eigenvalue weighted by Crippen LogP contribution is -2.17. The molecule has 1 aromatic carbocycles. The fourth-order valence-corrected chi connectivity index (χ4v) is 4.09. The Hall–Kier alpha value is -2.15. The number of benzene rings is 1. The summed E-state index contributed by atoms with van der Waals surface area (Å²) in [5.74, 6) is 1.62. The number of fused-ring (bicyclic) bond motifs is 1. The number of unbranched alkanes of at least 4 members (excludes halogenated alkanes) is 1. The number of rotatable bonds is 6. The van der Waals surface area contributed by atoms with Crippen LogP contribution < -0.4 is 15.6 Å². The van der Waals surface area contributed by atoms with Crippen molar-refractivity contribution in [2.75, 3.05) is 17.7 Å². The van der Waals surface area contributed by atoms with Gasteiger partial charge >= 0.3 is 0 Å². The van der Waals surface area contributed by atoms with Crippen molar-refractivity contribution in [1.82, 2.24) is 9.78 Å². The number of H-pyrrole nitrogens is 1. The van der Waals surface area contributed by atoms with E-state index in [4.69, 9.17) is 4.74 Å². The van der Waals surface area contributed by atoms with E-state index < -0.39 is 0 Å². The van der Waals surface area contributed by atoms with Gasteiger partial charge in [0.05, 0.1) is 23.2 Å². The van der Waals surface area contributed by atoms with Crippen LogP contribution in [-0.2, 0) is 4.79 Å². The van der Waals surface area contributed by atoms with Crippen LogP contribution in [0.25, 0.3) is 0 Å². The summed E-state index contributed by atoms with van der Waals surface area (Å²) in [4.78, 5) is 24.7. The van der Waals surface area contributed by atoms with E-state index in [1.54, 1.807) is 4.68 Å². The van der Waals surface area contributed by atoms with E-state index in [1.165, 1.54) is 11.8 Å². The Kier molecular flexibility index (Phi) is 5.76. The highest BCUT2D eigenvalue weighted by atomic mass is 32.2. The lowest BCUT2D eigenvalue weighted by molar-refractivity contribution is -0.113. The smallest absolute Gasteiger partial charge is 0.270 e. The van der Waals surface area contributed by atoms with Crippen LogP contribution >= 0.6 is 11.8 Å². The third-order valence-electron chi connectivity index (χ3n) is 4.33. The van der Waals surface area contributed by atoms with Crippen molar-refractivity contribution in [2.45, 2.75) is 44.9 Å². The number of thioether (sulfide) groups is 1. The summed E-state index contributed by atoms with van der Waals surface area (Å²) in [5.41, 5.74) is 1.44. The predicted octanol–water partition coefficient (Wildman–Crippen LogP) is 3.71. The number of ether oxygens (including phenoxy) is 1. The van der Waals surface area contributed by atoms with Crippen LogP contribution in [0.2, 0.25) is 0 Å². The third kappa shape index (κ3) is 3.82. The Morgan fingerprint density at radius 2 is 2.00 bits per heavy atom. The SMILES string of the molecule is CCCCOc1ccc(C2SCC(=O)Nc3c2c(=O)[nH]n3C(C)C)cc1. The Bertz CT molecular complexity index is 824. The van der Waals surface area contributed by atoms with Crippen LogP contribution in [0.5, 0.6) is 5.75 Å². The normalized spacial score (nSPS) is 16.9. The lowest BCUT2D eigenvalue weighted by Gasteiger charge is -2.15. The second-order valence-electron chi connectivity index (χ2n) is 6.68. The number of aromatic amines is 1. The van der Waals surface area contributed by atoms with Crippen molar-refractivity contribution in [3.63, 3.8) is 0 Å². The second kappa shape index (κ2) is 8.03. The zero-order valence-corrected chi connectivity index (χ0v) is 16.2. The number of hydrogen-bond acceptors (Lipinski definition) is 4. The molecular weight excluding hydrogens is 350 g/mol. The van der Waals surface area contributed by atoms with Gasteiger partial charge in [0.15, 0.2) is 0 Å². The van der Waals surface area contributed by atoms with Crippen LogP contribution in [0.15, 0.2) is 29.1 Å². The largest absolute Gasteiger partial charge is 0.494 e. The molecule has 3 rings (SSSR count). The standard InChI is InChI=1S/C19H25N3O3S/c1-4-5-10-25-14-8-6-13(7-9-14)17-16-18(20-15(23)11-26-17)22(12(2)3)21-19(16)24/h6-9,12,17H,4-5,10-11H2,1-3H3,(H,20,23)(H,21,24). The molecule has 7 heteroatoms. The molecule has 2 N–H and O–H groups in total. The first kappa shape index (κ1) is 18.6. The predicted molar refractivity (Wildman–Crippen MR) is 105 cm³/mol. The number of hydrogen-bond donors (Lipinski definition) is 2. The van der Waals surface area contributed by atoms with Crippen molar-refractivity contribution in [1.29, 1.82) is 0 Å². The number of aromatic nitrogens is 2. The van der Waals surface area contributed by atoms with E-state index in [9.17, 15) is 9.59 Å². The van der Waals surface area contributed by atoms with E-state index in [2.05, 4.69) is 17.3 Å². The molecule has 1 aromatic heterocycles. The number of carbonyl (C=O) groups excluding carboxylic acids is 1. The van der Waals surface area contributed by atoms with Crippen molar-refractivity contribution in [3.8, 4) is 5.75 Å². The van der Waals surface area contributed by atoms with Gasteiger partial charge in [-0.1, -0.05) is 25.5 Å². The van der Waals surface area contributed by atoms with Crippen molar-refractivity contribution >= 4 is 23.5 Å². The summed E-state index contributed by atoms with van der Waals surface area (Å²) in [6.45, 7) is 6.77. The van der Waals surface area contributed by atoms with Gasteiger partial charge in [-0.15, -0.1) is 11.8 Å². The Balaban J connectivity index is 1.93. The highest BCUT2D eigenvalue weighted by Gasteiger charge is 2.30. The topological polar surface area (TPSA) is 76.1 Å². The summed E-state index contributed by atoms with van der Waals surface area (Å²) in [6, 6.07) is 7.86.